The van der Waals surface area contributed by atoms with Crippen LogP contribution in [0.3, 0.4) is 0 Å². The highest BCUT2D eigenvalue weighted by molar-refractivity contribution is 6.36. The Bertz CT molecular complexity index is 705. The Balaban J connectivity index is 2.02. The van der Waals surface area contributed by atoms with Crippen molar-refractivity contribution < 1.29 is 0 Å². The Morgan fingerprint density at radius 2 is 1.74 bits per heavy atom. The van der Waals surface area contributed by atoms with Crippen molar-refractivity contribution >= 4 is 23.2 Å². The Hall–Kier alpha value is -1.77. The molecule has 1 heterocycles. The summed E-state index contributed by atoms with van der Waals surface area (Å²) in [4.78, 5) is 7.64. The second kappa shape index (κ2) is 5.08. The van der Waals surface area contributed by atoms with E-state index in [-0.39, 0.29) is 0 Å². The highest BCUT2D eigenvalue weighted by Crippen LogP contribution is 2.29. The standard InChI is InChI=1S/C15H10Cl2N2/c16-11-6-7-12(13(17)8-11)15-18-9-14(19-15)10-4-2-1-3-5-10/h1-9H,(H,18,19). The van der Waals surface area contributed by atoms with E-state index in [0.717, 1.165) is 22.6 Å². The van der Waals surface area contributed by atoms with Crippen LogP contribution >= 0.6 is 23.2 Å². The molecule has 0 fully saturated rings. The van der Waals surface area contributed by atoms with Crippen molar-refractivity contribution in [1.82, 2.24) is 9.97 Å². The lowest BCUT2D eigenvalue weighted by Gasteiger charge is -2.01. The maximum atomic E-state index is 6.17. The van der Waals surface area contributed by atoms with Gasteiger partial charge in [0.2, 0.25) is 0 Å². The molecule has 0 spiro atoms. The molecule has 2 aromatic carbocycles. The van der Waals surface area contributed by atoms with Crippen molar-refractivity contribution in [2.24, 2.45) is 0 Å². The molecule has 0 aliphatic heterocycles. The molecule has 0 aliphatic rings. The van der Waals surface area contributed by atoms with Gasteiger partial charge in [0, 0.05) is 10.6 Å². The molecule has 3 rings (SSSR count). The fourth-order valence-corrected chi connectivity index (χ4v) is 2.40. The van der Waals surface area contributed by atoms with E-state index < -0.39 is 0 Å². The second-order valence-corrected chi connectivity index (χ2v) is 4.98. The third kappa shape index (κ3) is 2.50. The van der Waals surface area contributed by atoms with Gasteiger partial charge >= 0.3 is 0 Å². The van der Waals surface area contributed by atoms with E-state index in [1.165, 1.54) is 0 Å². The van der Waals surface area contributed by atoms with Crippen LogP contribution in [0.1, 0.15) is 0 Å². The van der Waals surface area contributed by atoms with Crippen LogP contribution in [-0.4, -0.2) is 9.97 Å². The zero-order valence-corrected chi connectivity index (χ0v) is 11.4. The van der Waals surface area contributed by atoms with Crippen LogP contribution in [0.25, 0.3) is 22.6 Å². The molecule has 19 heavy (non-hydrogen) atoms. The highest BCUT2D eigenvalue weighted by Gasteiger charge is 2.09. The average molecular weight is 289 g/mol. The minimum Gasteiger partial charge on any atom is -0.338 e. The summed E-state index contributed by atoms with van der Waals surface area (Å²) >= 11 is 12.1. The molecule has 1 aromatic heterocycles. The van der Waals surface area contributed by atoms with Gasteiger partial charge in [0.25, 0.3) is 0 Å². The van der Waals surface area contributed by atoms with Gasteiger partial charge in [0.05, 0.1) is 16.9 Å². The van der Waals surface area contributed by atoms with Gasteiger partial charge in [-0.15, -0.1) is 0 Å². The number of nitrogens with one attached hydrogen (secondary N) is 1. The van der Waals surface area contributed by atoms with Crippen LogP contribution < -0.4 is 0 Å². The summed E-state index contributed by atoms with van der Waals surface area (Å²) in [5.74, 6) is 0.737. The van der Waals surface area contributed by atoms with Crippen LogP contribution in [0, 0.1) is 0 Å². The lowest BCUT2D eigenvalue weighted by molar-refractivity contribution is 1.31. The van der Waals surface area contributed by atoms with Crippen molar-refractivity contribution in [2.75, 3.05) is 0 Å². The summed E-state index contributed by atoms with van der Waals surface area (Å²) in [7, 11) is 0. The minimum atomic E-state index is 0.585. The third-order valence-electron chi connectivity index (χ3n) is 2.85. The molecule has 0 atom stereocenters. The van der Waals surface area contributed by atoms with Crippen LogP contribution in [0.4, 0.5) is 0 Å². The molecule has 2 nitrogen and oxygen atoms in total. The second-order valence-electron chi connectivity index (χ2n) is 4.14. The van der Waals surface area contributed by atoms with Crippen LogP contribution in [0.2, 0.25) is 10.0 Å². The summed E-state index contributed by atoms with van der Waals surface area (Å²) in [6.45, 7) is 0. The van der Waals surface area contributed by atoms with Gasteiger partial charge in [-0.2, -0.15) is 0 Å². The van der Waals surface area contributed by atoms with Gasteiger partial charge in [0.15, 0.2) is 0 Å². The van der Waals surface area contributed by atoms with Gasteiger partial charge in [-0.25, -0.2) is 4.98 Å². The van der Waals surface area contributed by atoms with E-state index in [2.05, 4.69) is 9.97 Å². The van der Waals surface area contributed by atoms with E-state index in [9.17, 15) is 0 Å². The molecule has 94 valence electrons. The first kappa shape index (κ1) is 12.3. The average Bonchev–Trinajstić information content (AvgIpc) is 2.89. The molecule has 4 heteroatoms. The predicted octanol–water partition coefficient (Wildman–Crippen LogP) is 5.05. The summed E-state index contributed by atoms with van der Waals surface area (Å²) in [6.07, 6.45) is 1.80. The molecule has 0 bridgehead atoms. The molecular weight excluding hydrogens is 279 g/mol. The Kier molecular flexibility index (Phi) is 3.28. The zero-order valence-electron chi connectivity index (χ0n) is 9.90. The largest absolute Gasteiger partial charge is 0.338 e. The van der Waals surface area contributed by atoms with Crippen LogP contribution in [-0.2, 0) is 0 Å². The van der Waals surface area contributed by atoms with Gasteiger partial charge < -0.3 is 4.98 Å². The van der Waals surface area contributed by atoms with Gasteiger partial charge in [-0.05, 0) is 23.8 Å². The number of rotatable bonds is 2. The number of hydrogen-bond donors (Lipinski definition) is 1. The van der Waals surface area contributed by atoms with Crippen LogP contribution in [0.15, 0.2) is 54.7 Å². The van der Waals surface area contributed by atoms with Gasteiger partial charge in [-0.1, -0.05) is 53.5 Å². The molecular formula is C15H10Cl2N2. The van der Waals surface area contributed by atoms with E-state index in [1.54, 1.807) is 18.3 Å². The molecule has 0 unspecified atom stereocenters. The first-order valence-corrected chi connectivity index (χ1v) is 6.55. The fraction of sp³-hybridized carbons (Fsp3) is 0. The number of halogens is 2. The molecule has 0 saturated carbocycles. The number of nitrogens with zero attached hydrogens (tertiary/aromatic N) is 1. The van der Waals surface area contributed by atoms with Crippen molar-refractivity contribution in [1.29, 1.82) is 0 Å². The van der Waals surface area contributed by atoms with Crippen molar-refractivity contribution in [3.63, 3.8) is 0 Å². The van der Waals surface area contributed by atoms with Crippen molar-refractivity contribution in [3.05, 3.63) is 64.8 Å². The minimum absolute atomic E-state index is 0.585. The number of benzene rings is 2. The fourth-order valence-electron chi connectivity index (χ4n) is 1.90. The number of hydrogen-bond acceptors (Lipinski definition) is 1. The monoisotopic (exact) mass is 288 g/mol. The van der Waals surface area contributed by atoms with E-state index in [4.69, 9.17) is 23.2 Å². The van der Waals surface area contributed by atoms with Crippen LogP contribution in [0.5, 0.6) is 0 Å². The van der Waals surface area contributed by atoms with Crippen molar-refractivity contribution in [2.45, 2.75) is 0 Å². The SMILES string of the molecule is Clc1ccc(-c2ncc(-c3ccccc3)[nH]2)c(Cl)c1. The Labute approximate surface area is 121 Å². The van der Waals surface area contributed by atoms with Gasteiger partial charge in [-0.3, -0.25) is 0 Å². The Morgan fingerprint density at radius 3 is 2.47 bits per heavy atom. The third-order valence-corrected chi connectivity index (χ3v) is 3.39. The van der Waals surface area contributed by atoms with E-state index >= 15 is 0 Å². The normalized spacial score (nSPS) is 10.6. The maximum Gasteiger partial charge on any atom is 0.139 e. The lowest BCUT2D eigenvalue weighted by atomic mass is 10.2. The summed E-state index contributed by atoms with van der Waals surface area (Å²) in [6, 6.07) is 15.4. The highest BCUT2D eigenvalue weighted by atomic mass is 35.5. The summed E-state index contributed by atoms with van der Waals surface area (Å²) in [5.41, 5.74) is 2.89. The zero-order chi connectivity index (χ0) is 13.2. The smallest absolute Gasteiger partial charge is 0.139 e. The van der Waals surface area contributed by atoms with Gasteiger partial charge in [0.1, 0.15) is 5.82 Å². The van der Waals surface area contributed by atoms with E-state index in [0.29, 0.717) is 10.0 Å². The number of aromatic amines is 1. The quantitative estimate of drug-likeness (QED) is 0.702. The predicted molar refractivity (Wildman–Crippen MR) is 79.5 cm³/mol. The molecule has 0 aliphatic carbocycles. The topological polar surface area (TPSA) is 28.7 Å². The molecule has 1 N–H and O–H groups in total. The molecule has 3 aromatic rings. The van der Waals surface area contributed by atoms with E-state index in [1.807, 2.05) is 36.4 Å². The first-order chi connectivity index (χ1) is 9.24. The molecule has 0 saturated heterocycles. The maximum absolute atomic E-state index is 6.17. The summed E-state index contributed by atoms with van der Waals surface area (Å²) < 4.78 is 0. The lowest BCUT2D eigenvalue weighted by Crippen LogP contribution is -1.82. The number of aromatic nitrogens is 2. The number of imidazole rings is 1. The summed E-state index contributed by atoms with van der Waals surface area (Å²) in [5, 5.41) is 1.20. The number of H-pyrrole nitrogens is 1. The molecule has 0 amide bonds. The first-order valence-electron chi connectivity index (χ1n) is 5.80. The van der Waals surface area contributed by atoms with Crippen molar-refractivity contribution in [3.8, 4) is 22.6 Å². The molecule has 0 radical (unpaired) electrons. The Morgan fingerprint density at radius 1 is 0.947 bits per heavy atom.